The van der Waals surface area contributed by atoms with Gasteiger partial charge in [0.15, 0.2) is 11.6 Å². The second-order valence-electron chi connectivity index (χ2n) is 6.51. The first-order valence-corrected chi connectivity index (χ1v) is 9.94. The predicted molar refractivity (Wildman–Crippen MR) is 112 cm³/mol. The van der Waals surface area contributed by atoms with Crippen LogP contribution >= 0.6 is 15.9 Å². The maximum atomic E-state index is 14.2. The fourth-order valence-corrected chi connectivity index (χ4v) is 3.67. The van der Waals surface area contributed by atoms with E-state index in [0.717, 1.165) is 33.7 Å². The lowest BCUT2D eigenvalue weighted by molar-refractivity contribution is 0.401. The van der Waals surface area contributed by atoms with Gasteiger partial charge in [0.2, 0.25) is 5.88 Å². The molecular formula is C22H17BrF2N2O2. The van der Waals surface area contributed by atoms with Gasteiger partial charge in [0, 0.05) is 47.4 Å². The van der Waals surface area contributed by atoms with E-state index in [0.29, 0.717) is 17.0 Å². The third kappa shape index (κ3) is 3.58. The number of fused-ring (bicyclic) bond motifs is 1. The zero-order valence-electron chi connectivity index (χ0n) is 15.7. The summed E-state index contributed by atoms with van der Waals surface area (Å²) >= 11 is 3.48. The monoisotopic (exact) mass is 458 g/mol. The lowest BCUT2D eigenvalue weighted by atomic mass is 10.0. The number of benzene rings is 2. The molecule has 0 N–H and O–H groups in total. The molecule has 0 radical (unpaired) electrons. The number of halogens is 3. The molecule has 0 saturated carbocycles. The summed E-state index contributed by atoms with van der Waals surface area (Å²) in [7, 11) is 3.48. The Morgan fingerprint density at radius 2 is 1.83 bits per heavy atom. The minimum Gasteiger partial charge on any atom is -0.479 e. The van der Waals surface area contributed by atoms with E-state index in [9.17, 15) is 8.78 Å². The molecule has 0 aliphatic carbocycles. The molecule has 0 atom stereocenters. The summed E-state index contributed by atoms with van der Waals surface area (Å²) in [5.74, 6) is -0.482. The molecule has 7 heteroatoms. The van der Waals surface area contributed by atoms with Gasteiger partial charge >= 0.3 is 0 Å². The molecule has 29 heavy (non-hydrogen) atoms. The van der Waals surface area contributed by atoms with Gasteiger partial charge in [-0.25, -0.2) is 13.8 Å². The second kappa shape index (κ2) is 7.83. The first-order valence-electron chi connectivity index (χ1n) is 8.82. The number of rotatable bonds is 5. The van der Waals surface area contributed by atoms with Crippen LogP contribution in [0.15, 0.2) is 54.9 Å². The number of hydrogen-bond acceptors (Lipinski definition) is 3. The maximum Gasteiger partial charge on any atom is 0.238 e. The van der Waals surface area contributed by atoms with Crippen molar-refractivity contribution in [2.24, 2.45) is 7.05 Å². The standard InChI is InChI=1S/C22H17BrF2N2O2/c1-27-12-17(15-7-8-26-22(28-2)21(15)27)16-9-13(11-23)3-5-19(16)29-20-6-4-14(24)10-18(20)25/h3-10,12H,11H2,1-2H3. The molecule has 0 saturated heterocycles. The number of aryl methyl sites for hydroxylation is 1. The van der Waals surface area contributed by atoms with Crippen molar-refractivity contribution in [2.75, 3.05) is 7.11 Å². The largest absolute Gasteiger partial charge is 0.479 e. The summed E-state index contributed by atoms with van der Waals surface area (Å²) in [5, 5.41) is 1.58. The SMILES string of the molecule is COc1nccc2c(-c3cc(CBr)ccc3Oc3ccc(F)cc3F)cn(C)c12. The van der Waals surface area contributed by atoms with E-state index in [1.54, 1.807) is 19.4 Å². The van der Waals surface area contributed by atoms with Gasteiger partial charge in [-0.2, -0.15) is 0 Å². The average molecular weight is 459 g/mol. The highest BCUT2D eigenvalue weighted by atomic mass is 79.9. The minimum atomic E-state index is -0.760. The molecule has 4 nitrogen and oxygen atoms in total. The molecule has 4 aromatic rings. The summed E-state index contributed by atoms with van der Waals surface area (Å²) in [6.07, 6.45) is 3.63. The van der Waals surface area contributed by atoms with Gasteiger partial charge in [-0.3, -0.25) is 0 Å². The van der Waals surface area contributed by atoms with Gasteiger partial charge in [-0.1, -0.05) is 22.0 Å². The second-order valence-corrected chi connectivity index (χ2v) is 7.07. The van der Waals surface area contributed by atoms with Crippen LogP contribution in [0.1, 0.15) is 5.56 Å². The summed E-state index contributed by atoms with van der Waals surface area (Å²) in [6.45, 7) is 0. The van der Waals surface area contributed by atoms with Crippen LogP contribution in [0.5, 0.6) is 17.4 Å². The van der Waals surface area contributed by atoms with Crippen molar-refractivity contribution in [3.63, 3.8) is 0 Å². The van der Waals surface area contributed by atoms with Gasteiger partial charge < -0.3 is 14.0 Å². The van der Waals surface area contributed by atoms with Crippen LogP contribution in [0.25, 0.3) is 22.0 Å². The van der Waals surface area contributed by atoms with E-state index in [-0.39, 0.29) is 5.75 Å². The van der Waals surface area contributed by atoms with E-state index in [4.69, 9.17) is 9.47 Å². The Kier molecular flexibility index (Phi) is 5.24. The molecule has 0 fully saturated rings. The lowest BCUT2D eigenvalue weighted by Crippen LogP contribution is -1.93. The number of methoxy groups -OCH3 is 1. The fourth-order valence-electron chi connectivity index (χ4n) is 3.32. The van der Waals surface area contributed by atoms with Crippen LogP contribution in [0, 0.1) is 11.6 Å². The van der Waals surface area contributed by atoms with Crippen LogP contribution in [0.2, 0.25) is 0 Å². The topological polar surface area (TPSA) is 36.3 Å². The quantitative estimate of drug-likeness (QED) is 0.333. The van der Waals surface area contributed by atoms with E-state index < -0.39 is 11.6 Å². The van der Waals surface area contributed by atoms with Crippen LogP contribution in [0.3, 0.4) is 0 Å². The molecule has 4 rings (SSSR count). The highest BCUT2D eigenvalue weighted by Gasteiger charge is 2.18. The highest BCUT2D eigenvalue weighted by Crippen LogP contribution is 2.41. The van der Waals surface area contributed by atoms with Crippen molar-refractivity contribution in [3.05, 3.63) is 72.1 Å². The molecule has 0 amide bonds. The number of pyridine rings is 1. The number of hydrogen-bond donors (Lipinski definition) is 0. The van der Waals surface area contributed by atoms with Crippen molar-refractivity contribution >= 4 is 26.8 Å². The van der Waals surface area contributed by atoms with Crippen molar-refractivity contribution in [1.82, 2.24) is 9.55 Å². The van der Waals surface area contributed by atoms with Gasteiger partial charge in [-0.05, 0) is 35.9 Å². The Bertz CT molecular complexity index is 1210. The van der Waals surface area contributed by atoms with Gasteiger partial charge in [0.1, 0.15) is 17.1 Å². The summed E-state index contributed by atoms with van der Waals surface area (Å²) in [5.41, 5.74) is 3.55. The van der Waals surface area contributed by atoms with E-state index in [2.05, 4.69) is 20.9 Å². The zero-order chi connectivity index (χ0) is 20.5. The Balaban J connectivity index is 1.90. The molecule has 0 aliphatic rings. The lowest BCUT2D eigenvalue weighted by Gasteiger charge is -2.13. The van der Waals surface area contributed by atoms with Crippen LogP contribution in [0.4, 0.5) is 8.78 Å². The smallest absolute Gasteiger partial charge is 0.238 e. The third-order valence-corrected chi connectivity index (χ3v) is 5.30. The normalized spacial score (nSPS) is 11.1. The zero-order valence-corrected chi connectivity index (χ0v) is 17.3. The molecule has 2 aromatic heterocycles. The maximum absolute atomic E-state index is 14.2. The molecule has 148 valence electrons. The van der Waals surface area contributed by atoms with Crippen LogP contribution < -0.4 is 9.47 Å². The molecule has 0 spiro atoms. The van der Waals surface area contributed by atoms with Gasteiger partial charge in [0.25, 0.3) is 0 Å². The average Bonchev–Trinajstić information content (AvgIpc) is 3.07. The fraction of sp³-hybridized carbons (Fsp3) is 0.136. The van der Waals surface area contributed by atoms with E-state index in [1.807, 2.05) is 36.0 Å². The van der Waals surface area contributed by atoms with Crippen molar-refractivity contribution in [1.29, 1.82) is 0 Å². The Morgan fingerprint density at radius 3 is 2.55 bits per heavy atom. The molecule has 2 aromatic carbocycles. The van der Waals surface area contributed by atoms with Crippen LogP contribution in [-0.4, -0.2) is 16.7 Å². The van der Waals surface area contributed by atoms with Crippen LogP contribution in [-0.2, 0) is 12.4 Å². The number of aromatic nitrogens is 2. The molecule has 0 aliphatic heterocycles. The van der Waals surface area contributed by atoms with Gasteiger partial charge in [-0.15, -0.1) is 0 Å². The summed E-state index contributed by atoms with van der Waals surface area (Å²) < 4.78 is 40.6. The first-order chi connectivity index (χ1) is 14.0. The van der Waals surface area contributed by atoms with Crippen molar-refractivity contribution in [3.8, 4) is 28.5 Å². The van der Waals surface area contributed by atoms with Gasteiger partial charge in [0.05, 0.1) is 7.11 Å². The molecular weight excluding hydrogens is 442 g/mol. The molecule has 2 heterocycles. The Labute approximate surface area is 174 Å². The van der Waals surface area contributed by atoms with E-state index >= 15 is 0 Å². The Hall–Kier alpha value is -2.93. The highest BCUT2D eigenvalue weighted by molar-refractivity contribution is 9.08. The third-order valence-electron chi connectivity index (χ3n) is 4.65. The predicted octanol–water partition coefficient (Wildman–Crippen LogP) is 6.21. The summed E-state index contributed by atoms with van der Waals surface area (Å²) in [6, 6.07) is 10.8. The number of nitrogens with zero attached hydrogens (tertiary/aromatic N) is 2. The van der Waals surface area contributed by atoms with Crippen molar-refractivity contribution in [2.45, 2.75) is 5.33 Å². The molecule has 0 unspecified atom stereocenters. The van der Waals surface area contributed by atoms with Crippen molar-refractivity contribution < 1.29 is 18.3 Å². The Morgan fingerprint density at radius 1 is 1.03 bits per heavy atom. The first kappa shape index (κ1) is 19.4. The number of alkyl halides is 1. The summed E-state index contributed by atoms with van der Waals surface area (Å²) in [4.78, 5) is 4.27. The van der Waals surface area contributed by atoms with E-state index in [1.165, 1.54) is 12.1 Å². The minimum absolute atomic E-state index is 0.0428. The molecule has 0 bridgehead atoms. The number of ether oxygens (including phenoxy) is 2.